The van der Waals surface area contributed by atoms with Crippen LogP contribution in [-0.4, -0.2) is 15.4 Å². The molecular weight excluding hydrogens is 358 g/mol. The average molecular weight is 377 g/mol. The van der Waals surface area contributed by atoms with E-state index in [4.69, 9.17) is 0 Å². The summed E-state index contributed by atoms with van der Waals surface area (Å²) in [5, 5.41) is 13.3. The fourth-order valence-electron chi connectivity index (χ4n) is 2.85. The minimum atomic E-state index is -0.561. The van der Waals surface area contributed by atoms with E-state index in [9.17, 15) is 19.7 Å². The zero-order valence-electron chi connectivity index (χ0n) is 15.5. The van der Waals surface area contributed by atoms with Crippen LogP contribution in [0.3, 0.4) is 0 Å². The third-order valence-electron chi connectivity index (χ3n) is 4.45. The van der Waals surface area contributed by atoms with Gasteiger partial charge >= 0.3 is 0 Å². The van der Waals surface area contributed by atoms with Crippen molar-refractivity contribution in [3.8, 4) is 0 Å². The first-order valence-electron chi connectivity index (χ1n) is 8.66. The van der Waals surface area contributed by atoms with Gasteiger partial charge in [0.2, 0.25) is 0 Å². The molecule has 0 spiro atoms. The number of nitrogens with one attached hydrogen (secondary N) is 1. The Bertz CT molecular complexity index is 1100. The minimum Gasteiger partial charge on any atom is -0.322 e. The summed E-state index contributed by atoms with van der Waals surface area (Å²) >= 11 is 0. The van der Waals surface area contributed by atoms with E-state index in [1.807, 2.05) is 32.0 Å². The highest BCUT2D eigenvalue weighted by Gasteiger charge is 2.14. The monoisotopic (exact) mass is 377 g/mol. The molecule has 7 nitrogen and oxygen atoms in total. The van der Waals surface area contributed by atoms with E-state index in [-0.39, 0.29) is 11.3 Å². The van der Waals surface area contributed by atoms with Crippen LogP contribution in [0.2, 0.25) is 0 Å². The Balaban J connectivity index is 1.83. The summed E-state index contributed by atoms with van der Waals surface area (Å²) in [5.41, 5.74) is 3.08. The van der Waals surface area contributed by atoms with E-state index in [1.54, 1.807) is 12.3 Å². The van der Waals surface area contributed by atoms with Gasteiger partial charge in [0, 0.05) is 24.0 Å². The maximum Gasteiger partial charge on any atom is 0.269 e. The predicted molar refractivity (Wildman–Crippen MR) is 107 cm³/mol. The summed E-state index contributed by atoms with van der Waals surface area (Å²) in [4.78, 5) is 35.5. The molecule has 1 aromatic heterocycles. The summed E-state index contributed by atoms with van der Waals surface area (Å²) in [7, 11) is 0. The number of anilines is 1. The van der Waals surface area contributed by atoms with Gasteiger partial charge in [0.1, 0.15) is 5.56 Å². The molecule has 1 N–H and O–H groups in total. The molecule has 0 unspecified atom stereocenters. The molecular formula is C21H19N3O4. The molecule has 1 heterocycles. The Morgan fingerprint density at radius 3 is 2.50 bits per heavy atom. The van der Waals surface area contributed by atoms with Gasteiger partial charge in [-0.05, 0) is 49.2 Å². The molecule has 0 aliphatic heterocycles. The fraction of sp³-hybridized carbons (Fsp3) is 0.143. The minimum absolute atomic E-state index is 0.00570. The van der Waals surface area contributed by atoms with Gasteiger partial charge in [0.25, 0.3) is 17.2 Å². The molecule has 0 aliphatic carbocycles. The lowest BCUT2D eigenvalue weighted by Gasteiger charge is -2.11. The number of nitrogens with zero attached hydrogens (tertiary/aromatic N) is 2. The van der Waals surface area contributed by atoms with Crippen LogP contribution in [0.4, 0.5) is 11.4 Å². The van der Waals surface area contributed by atoms with Crippen molar-refractivity contribution in [1.29, 1.82) is 0 Å². The normalized spacial score (nSPS) is 10.5. The highest BCUT2D eigenvalue weighted by Crippen LogP contribution is 2.16. The Kier molecular flexibility index (Phi) is 5.35. The number of nitro groups is 1. The number of amides is 1. The molecule has 0 saturated heterocycles. The number of non-ortho nitro benzene ring substituents is 1. The highest BCUT2D eigenvalue weighted by molar-refractivity contribution is 6.04. The summed E-state index contributed by atoms with van der Waals surface area (Å²) in [6.07, 6.45) is 1.65. The van der Waals surface area contributed by atoms with Crippen LogP contribution in [0.15, 0.2) is 65.6 Å². The first-order chi connectivity index (χ1) is 13.3. The molecule has 0 saturated carbocycles. The van der Waals surface area contributed by atoms with Crippen molar-refractivity contribution in [2.24, 2.45) is 0 Å². The van der Waals surface area contributed by atoms with Gasteiger partial charge in [-0.2, -0.15) is 0 Å². The van der Waals surface area contributed by atoms with Crippen molar-refractivity contribution in [2.75, 3.05) is 5.32 Å². The molecule has 0 aliphatic rings. The molecule has 0 radical (unpaired) electrons. The lowest BCUT2D eigenvalue weighted by atomic mass is 10.1. The molecule has 28 heavy (non-hydrogen) atoms. The van der Waals surface area contributed by atoms with Gasteiger partial charge in [0.05, 0.1) is 11.5 Å². The van der Waals surface area contributed by atoms with Crippen molar-refractivity contribution in [2.45, 2.75) is 20.4 Å². The Morgan fingerprint density at radius 1 is 1.11 bits per heavy atom. The molecule has 7 heteroatoms. The van der Waals surface area contributed by atoms with Crippen LogP contribution in [0, 0.1) is 24.0 Å². The van der Waals surface area contributed by atoms with Gasteiger partial charge in [-0.1, -0.05) is 23.8 Å². The molecule has 0 fully saturated rings. The number of aryl methyl sites for hydroxylation is 2. The van der Waals surface area contributed by atoms with Gasteiger partial charge in [-0.25, -0.2) is 0 Å². The highest BCUT2D eigenvalue weighted by atomic mass is 16.6. The van der Waals surface area contributed by atoms with Gasteiger partial charge in [0.15, 0.2) is 0 Å². The quantitative estimate of drug-likeness (QED) is 0.542. The summed E-state index contributed by atoms with van der Waals surface area (Å²) < 4.78 is 1.49. The van der Waals surface area contributed by atoms with Crippen LogP contribution < -0.4 is 10.9 Å². The first kappa shape index (κ1) is 19.0. The van der Waals surface area contributed by atoms with Crippen LogP contribution in [0.25, 0.3) is 0 Å². The summed E-state index contributed by atoms with van der Waals surface area (Å²) in [6.45, 7) is 4.33. The first-order valence-corrected chi connectivity index (χ1v) is 8.66. The number of carbonyl (C=O) groups is 1. The molecule has 3 aromatic rings. The molecule has 142 valence electrons. The molecule has 0 atom stereocenters. The second kappa shape index (κ2) is 7.87. The SMILES string of the molecule is Cc1ccc(C)c(Cn2cccc(C(=O)Nc3ccc([N+](=O)[O-])cc3)c2=O)c1. The second-order valence-electron chi connectivity index (χ2n) is 6.54. The van der Waals surface area contributed by atoms with Crippen molar-refractivity contribution in [1.82, 2.24) is 4.57 Å². The van der Waals surface area contributed by atoms with Crippen molar-refractivity contribution in [3.63, 3.8) is 0 Å². The van der Waals surface area contributed by atoms with Gasteiger partial charge in [-0.3, -0.25) is 19.7 Å². The van der Waals surface area contributed by atoms with Gasteiger partial charge in [-0.15, -0.1) is 0 Å². The van der Waals surface area contributed by atoms with Crippen molar-refractivity contribution < 1.29 is 9.72 Å². The number of aromatic nitrogens is 1. The van der Waals surface area contributed by atoms with E-state index in [0.717, 1.165) is 16.7 Å². The Hall–Kier alpha value is -3.74. The largest absolute Gasteiger partial charge is 0.322 e. The maximum absolute atomic E-state index is 12.8. The number of pyridine rings is 1. The number of carbonyl (C=O) groups excluding carboxylic acids is 1. The zero-order chi connectivity index (χ0) is 20.3. The molecule has 2 aromatic carbocycles. The van der Waals surface area contributed by atoms with E-state index in [1.165, 1.54) is 34.9 Å². The summed E-state index contributed by atoms with van der Waals surface area (Å²) in [6, 6.07) is 14.6. The third-order valence-corrected chi connectivity index (χ3v) is 4.45. The number of hydrogen-bond acceptors (Lipinski definition) is 4. The summed E-state index contributed by atoms with van der Waals surface area (Å²) in [5.74, 6) is -0.561. The van der Waals surface area contributed by atoms with Crippen LogP contribution in [0.5, 0.6) is 0 Å². The predicted octanol–water partition coefficient (Wildman–Crippen LogP) is 3.67. The number of nitro benzene ring substituents is 1. The lowest BCUT2D eigenvalue weighted by molar-refractivity contribution is -0.384. The van der Waals surface area contributed by atoms with Crippen LogP contribution >= 0.6 is 0 Å². The molecule has 0 bridgehead atoms. The number of rotatable bonds is 5. The lowest BCUT2D eigenvalue weighted by Crippen LogP contribution is -2.29. The zero-order valence-corrected chi connectivity index (χ0v) is 15.5. The van der Waals surface area contributed by atoms with Crippen molar-refractivity contribution in [3.05, 3.63) is 104 Å². The second-order valence-corrected chi connectivity index (χ2v) is 6.54. The van der Waals surface area contributed by atoms with E-state index >= 15 is 0 Å². The van der Waals surface area contributed by atoms with Gasteiger partial charge < -0.3 is 9.88 Å². The molecule has 1 amide bonds. The Labute approximate surface area is 161 Å². The van der Waals surface area contributed by atoms with Crippen LogP contribution in [-0.2, 0) is 6.54 Å². The third kappa shape index (κ3) is 4.15. The van der Waals surface area contributed by atoms with Crippen LogP contribution in [0.1, 0.15) is 27.0 Å². The fourth-order valence-corrected chi connectivity index (χ4v) is 2.85. The standard InChI is InChI=1S/C21H19N3O4/c1-14-5-6-15(2)16(12-14)13-23-11-3-4-19(21(23)26)20(25)22-17-7-9-18(10-8-17)24(27)28/h3-12H,13H2,1-2H3,(H,22,25). The molecule has 3 rings (SSSR count). The average Bonchev–Trinajstić information content (AvgIpc) is 2.66. The maximum atomic E-state index is 12.8. The Morgan fingerprint density at radius 2 is 1.82 bits per heavy atom. The topological polar surface area (TPSA) is 94.2 Å². The van der Waals surface area contributed by atoms with E-state index in [2.05, 4.69) is 5.32 Å². The number of hydrogen-bond donors (Lipinski definition) is 1. The smallest absolute Gasteiger partial charge is 0.269 e. The van der Waals surface area contributed by atoms with E-state index < -0.39 is 16.4 Å². The van der Waals surface area contributed by atoms with Crippen molar-refractivity contribution >= 4 is 17.3 Å². The van der Waals surface area contributed by atoms with E-state index in [0.29, 0.717) is 12.2 Å². The number of benzene rings is 2.